The van der Waals surface area contributed by atoms with E-state index in [-0.39, 0.29) is 31.0 Å². The van der Waals surface area contributed by atoms with E-state index in [0.717, 1.165) is 4.68 Å². The summed E-state index contributed by atoms with van der Waals surface area (Å²) in [6.45, 7) is 0.123. The van der Waals surface area contributed by atoms with Crippen LogP contribution in [0.4, 0.5) is 4.39 Å². The van der Waals surface area contributed by atoms with Gasteiger partial charge < -0.3 is 4.74 Å². The molecule has 124 valence electrons. The van der Waals surface area contributed by atoms with Crippen LogP contribution in [0.2, 0.25) is 0 Å². The quantitative estimate of drug-likeness (QED) is 0.750. The fraction of sp³-hybridized carbons (Fsp3) is 0.286. The highest BCUT2D eigenvalue weighted by Gasteiger charge is 2.10. The van der Waals surface area contributed by atoms with Gasteiger partial charge in [0.1, 0.15) is 18.2 Å². The Bertz CT molecular complexity index is 790. The number of benzene rings is 1. The third-order valence-electron chi connectivity index (χ3n) is 2.87. The summed E-state index contributed by atoms with van der Waals surface area (Å²) in [6, 6.07) is 8.15. The molecule has 7 nitrogen and oxygen atoms in total. The molecule has 9 heteroatoms. The van der Waals surface area contributed by atoms with Gasteiger partial charge in [0.05, 0.1) is 12.3 Å². The first kappa shape index (κ1) is 17.1. The van der Waals surface area contributed by atoms with Crippen molar-refractivity contribution in [2.45, 2.75) is 6.54 Å². The van der Waals surface area contributed by atoms with Crippen molar-refractivity contribution in [1.82, 2.24) is 14.5 Å². The summed E-state index contributed by atoms with van der Waals surface area (Å²) in [5.41, 5.74) is -0.300. The van der Waals surface area contributed by atoms with Gasteiger partial charge in [-0.1, -0.05) is 0 Å². The van der Waals surface area contributed by atoms with Gasteiger partial charge in [0.2, 0.25) is 10.0 Å². The van der Waals surface area contributed by atoms with Crippen LogP contribution >= 0.6 is 0 Å². The molecule has 2 aromatic rings. The lowest BCUT2D eigenvalue weighted by Crippen LogP contribution is -2.34. The number of hydrogen-bond acceptors (Lipinski definition) is 5. The van der Waals surface area contributed by atoms with Crippen LogP contribution in [0.15, 0.2) is 47.4 Å². The molecule has 0 unspecified atom stereocenters. The molecular formula is C14H16FN3O4S. The molecule has 0 saturated carbocycles. The van der Waals surface area contributed by atoms with Gasteiger partial charge in [-0.25, -0.2) is 22.2 Å². The molecule has 0 spiro atoms. The number of halogens is 1. The molecule has 0 aliphatic rings. The van der Waals surface area contributed by atoms with Crippen LogP contribution in [0.5, 0.6) is 5.75 Å². The van der Waals surface area contributed by atoms with Gasteiger partial charge in [0, 0.05) is 18.8 Å². The van der Waals surface area contributed by atoms with E-state index in [1.807, 2.05) is 0 Å². The monoisotopic (exact) mass is 341 g/mol. The Hall–Kier alpha value is -2.26. The Labute approximate surface area is 132 Å². The Morgan fingerprint density at radius 2 is 1.96 bits per heavy atom. The average Bonchev–Trinajstić information content (AvgIpc) is 2.51. The van der Waals surface area contributed by atoms with Crippen molar-refractivity contribution in [2.75, 3.05) is 18.9 Å². The van der Waals surface area contributed by atoms with E-state index in [1.54, 1.807) is 0 Å². The maximum atomic E-state index is 12.7. The van der Waals surface area contributed by atoms with Crippen LogP contribution in [0, 0.1) is 5.82 Å². The Morgan fingerprint density at radius 3 is 2.65 bits per heavy atom. The molecule has 0 amide bonds. The minimum atomic E-state index is -3.54. The van der Waals surface area contributed by atoms with E-state index in [2.05, 4.69) is 9.82 Å². The van der Waals surface area contributed by atoms with Crippen molar-refractivity contribution in [3.8, 4) is 5.75 Å². The normalized spacial score (nSPS) is 11.3. The first-order valence-electron chi connectivity index (χ1n) is 6.84. The minimum absolute atomic E-state index is 0.0514. The second kappa shape index (κ2) is 7.84. The summed E-state index contributed by atoms with van der Waals surface area (Å²) in [7, 11) is -3.54. The van der Waals surface area contributed by atoms with Crippen molar-refractivity contribution in [1.29, 1.82) is 0 Å². The van der Waals surface area contributed by atoms with E-state index < -0.39 is 15.8 Å². The Kier molecular flexibility index (Phi) is 5.83. The van der Waals surface area contributed by atoms with Crippen molar-refractivity contribution in [3.05, 3.63) is 58.8 Å². The van der Waals surface area contributed by atoms with Crippen LogP contribution < -0.4 is 15.0 Å². The van der Waals surface area contributed by atoms with Crippen molar-refractivity contribution >= 4 is 10.0 Å². The standard InChI is InChI=1S/C14H16FN3O4S/c15-12-3-5-13(6-4-12)22-10-11-23(20,21)17-8-9-18-14(19)2-1-7-16-18/h1-7,17H,8-11H2. The van der Waals surface area contributed by atoms with Gasteiger partial charge in [-0.2, -0.15) is 5.10 Å². The molecule has 0 radical (unpaired) electrons. The Morgan fingerprint density at radius 1 is 1.22 bits per heavy atom. The zero-order chi connectivity index (χ0) is 16.7. The number of nitrogens with one attached hydrogen (secondary N) is 1. The maximum Gasteiger partial charge on any atom is 0.266 e. The maximum absolute atomic E-state index is 12.7. The van der Waals surface area contributed by atoms with Crippen molar-refractivity contribution in [3.63, 3.8) is 0 Å². The van der Waals surface area contributed by atoms with E-state index in [9.17, 15) is 17.6 Å². The lowest BCUT2D eigenvalue weighted by molar-refractivity contribution is 0.339. The lowest BCUT2D eigenvalue weighted by Gasteiger charge is -2.09. The van der Waals surface area contributed by atoms with Crippen LogP contribution in [0.3, 0.4) is 0 Å². The first-order chi connectivity index (χ1) is 11.0. The van der Waals surface area contributed by atoms with Gasteiger partial charge in [0.25, 0.3) is 5.56 Å². The van der Waals surface area contributed by atoms with E-state index in [4.69, 9.17) is 4.74 Å². The highest BCUT2D eigenvalue weighted by molar-refractivity contribution is 7.89. The van der Waals surface area contributed by atoms with Crippen LogP contribution in [-0.4, -0.2) is 37.1 Å². The molecule has 0 bridgehead atoms. The van der Waals surface area contributed by atoms with Crippen LogP contribution in [0.1, 0.15) is 0 Å². The summed E-state index contributed by atoms with van der Waals surface area (Å²) in [5.74, 6) is -0.250. The number of sulfonamides is 1. The average molecular weight is 341 g/mol. The highest BCUT2D eigenvalue weighted by Crippen LogP contribution is 2.10. The summed E-state index contributed by atoms with van der Waals surface area (Å²) < 4.78 is 45.1. The summed E-state index contributed by atoms with van der Waals surface area (Å²) >= 11 is 0. The number of hydrogen-bond donors (Lipinski definition) is 1. The first-order valence-corrected chi connectivity index (χ1v) is 8.49. The van der Waals surface area contributed by atoms with Gasteiger partial charge >= 0.3 is 0 Å². The summed E-state index contributed by atoms with van der Waals surface area (Å²) in [4.78, 5) is 11.4. The minimum Gasteiger partial charge on any atom is -0.492 e. The molecule has 0 aliphatic heterocycles. The topological polar surface area (TPSA) is 90.3 Å². The highest BCUT2D eigenvalue weighted by atomic mass is 32.2. The van der Waals surface area contributed by atoms with E-state index in [0.29, 0.717) is 5.75 Å². The fourth-order valence-corrected chi connectivity index (χ4v) is 2.58. The van der Waals surface area contributed by atoms with Gasteiger partial charge in [-0.3, -0.25) is 4.79 Å². The summed E-state index contributed by atoms with van der Waals surface area (Å²) in [5, 5.41) is 3.82. The van der Waals surface area contributed by atoms with Crippen molar-refractivity contribution < 1.29 is 17.5 Å². The molecule has 0 atom stereocenters. The van der Waals surface area contributed by atoms with Crippen molar-refractivity contribution in [2.24, 2.45) is 0 Å². The number of ether oxygens (including phenoxy) is 1. The van der Waals surface area contributed by atoms with Crippen LogP contribution in [0.25, 0.3) is 0 Å². The SMILES string of the molecule is O=c1cccnn1CCNS(=O)(=O)CCOc1ccc(F)cc1. The number of aromatic nitrogens is 2. The molecule has 1 aromatic heterocycles. The van der Waals surface area contributed by atoms with E-state index >= 15 is 0 Å². The molecule has 2 rings (SSSR count). The molecule has 0 fully saturated rings. The smallest absolute Gasteiger partial charge is 0.266 e. The molecule has 0 aliphatic carbocycles. The fourth-order valence-electron chi connectivity index (χ4n) is 1.73. The molecule has 23 heavy (non-hydrogen) atoms. The second-order valence-electron chi connectivity index (χ2n) is 4.60. The number of rotatable bonds is 8. The predicted octanol–water partition coefficient (Wildman–Crippen LogP) is 0.381. The number of nitrogens with zero attached hydrogens (tertiary/aromatic N) is 2. The third-order valence-corrected chi connectivity index (χ3v) is 4.21. The largest absolute Gasteiger partial charge is 0.492 e. The Balaban J connectivity index is 1.75. The predicted molar refractivity (Wildman–Crippen MR) is 82.2 cm³/mol. The van der Waals surface area contributed by atoms with Crippen LogP contribution in [-0.2, 0) is 16.6 Å². The molecule has 1 N–H and O–H groups in total. The summed E-state index contributed by atoms with van der Waals surface area (Å²) in [6.07, 6.45) is 1.45. The zero-order valence-corrected chi connectivity index (χ0v) is 13.0. The van der Waals surface area contributed by atoms with Gasteiger partial charge in [-0.15, -0.1) is 0 Å². The van der Waals surface area contributed by atoms with E-state index in [1.165, 1.54) is 42.6 Å². The molecule has 0 saturated heterocycles. The molecule has 1 heterocycles. The van der Waals surface area contributed by atoms with Gasteiger partial charge in [-0.05, 0) is 30.3 Å². The van der Waals surface area contributed by atoms with Gasteiger partial charge in [0.15, 0.2) is 0 Å². The molecular weight excluding hydrogens is 325 g/mol. The second-order valence-corrected chi connectivity index (χ2v) is 6.53. The molecule has 1 aromatic carbocycles. The third kappa shape index (κ3) is 5.80. The zero-order valence-electron chi connectivity index (χ0n) is 12.2. The lowest BCUT2D eigenvalue weighted by atomic mass is 10.3.